The van der Waals surface area contributed by atoms with Gasteiger partial charge in [0.05, 0.1) is 10.8 Å². The van der Waals surface area contributed by atoms with Crippen molar-refractivity contribution < 1.29 is 19.8 Å². The summed E-state index contributed by atoms with van der Waals surface area (Å²) in [6, 6.07) is 0. The molecule has 0 fully saturated rings. The molecule has 23 heavy (non-hydrogen) atoms. The fourth-order valence-corrected chi connectivity index (χ4v) is 3.82. The second-order valence-electron chi connectivity index (χ2n) is 7.05. The van der Waals surface area contributed by atoms with Crippen LogP contribution in [0.4, 0.5) is 0 Å². The van der Waals surface area contributed by atoms with E-state index in [4.69, 9.17) is 0 Å². The van der Waals surface area contributed by atoms with Gasteiger partial charge in [-0.1, -0.05) is 66.2 Å². The molecule has 0 aromatic rings. The van der Waals surface area contributed by atoms with Crippen molar-refractivity contribution in [2.45, 2.75) is 98.3 Å². The van der Waals surface area contributed by atoms with Gasteiger partial charge in [0.2, 0.25) is 0 Å². The fraction of sp³-hybridized carbons (Fsp3) is 0.895. The average molecular weight is 328 g/mol. The van der Waals surface area contributed by atoms with Crippen molar-refractivity contribution in [3.63, 3.8) is 0 Å². The van der Waals surface area contributed by atoms with Crippen LogP contribution >= 0.6 is 0 Å². The summed E-state index contributed by atoms with van der Waals surface area (Å²) in [7, 11) is 0. The first kappa shape index (κ1) is 21.9. The Bertz CT molecular complexity index is 332. The van der Waals surface area contributed by atoms with E-state index in [1.165, 1.54) is 0 Å². The second-order valence-corrected chi connectivity index (χ2v) is 7.05. The van der Waals surface area contributed by atoms with Gasteiger partial charge < -0.3 is 10.2 Å². The highest BCUT2D eigenvalue weighted by atomic mass is 16.4. The Morgan fingerprint density at radius 2 is 1.00 bits per heavy atom. The van der Waals surface area contributed by atoms with Gasteiger partial charge in [-0.15, -0.1) is 0 Å². The summed E-state index contributed by atoms with van der Waals surface area (Å²) in [5.41, 5.74) is -1.79. The minimum absolute atomic E-state index is 0.270. The number of aliphatic carboxylic acids is 2. The summed E-state index contributed by atoms with van der Waals surface area (Å²) in [6.07, 6.45) is 7.63. The van der Waals surface area contributed by atoms with E-state index in [-0.39, 0.29) is 6.42 Å². The largest absolute Gasteiger partial charge is 0.481 e. The van der Waals surface area contributed by atoms with Crippen molar-refractivity contribution in [3.8, 4) is 0 Å². The van der Waals surface area contributed by atoms with Crippen molar-refractivity contribution >= 4 is 11.9 Å². The van der Waals surface area contributed by atoms with E-state index in [2.05, 4.69) is 0 Å². The van der Waals surface area contributed by atoms with Gasteiger partial charge in [-0.3, -0.25) is 9.59 Å². The van der Waals surface area contributed by atoms with Crippen LogP contribution in [-0.2, 0) is 9.59 Å². The van der Waals surface area contributed by atoms with Crippen LogP contribution in [0.25, 0.3) is 0 Å². The van der Waals surface area contributed by atoms with Crippen LogP contribution in [0.15, 0.2) is 0 Å². The minimum atomic E-state index is -0.897. The lowest BCUT2D eigenvalue weighted by molar-refractivity contribution is -0.160. The van der Waals surface area contributed by atoms with Gasteiger partial charge in [0.25, 0.3) is 0 Å². The molecular weight excluding hydrogens is 292 g/mol. The molecule has 0 aromatic heterocycles. The van der Waals surface area contributed by atoms with Crippen LogP contribution in [0.3, 0.4) is 0 Å². The number of carboxylic acids is 2. The van der Waals surface area contributed by atoms with E-state index in [1.54, 1.807) is 0 Å². The molecule has 0 saturated heterocycles. The predicted molar refractivity (Wildman–Crippen MR) is 93.6 cm³/mol. The third kappa shape index (κ3) is 6.15. The van der Waals surface area contributed by atoms with E-state index in [9.17, 15) is 19.8 Å². The van der Waals surface area contributed by atoms with Crippen molar-refractivity contribution in [1.82, 2.24) is 0 Å². The van der Waals surface area contributed by atoms with Gasteiger partial charge in [-0.25, -0.2) is 0 Å². The third-order valence-electron chi connectivity index (χ3n) is 5.06. The number of hydrogen-bond acceptors (Lipinski definition) is 2. The second kappa shape index (κ2) is 10.7. The van der Waals surface area contributed by atoms with Crippen LogP contribution < -0.4 is 0 Å². The number of rotatable bonds is 14. The van der Waals surface area contributed by atoms with Crippen molar-refractivity contribution in [2.24, 2.45) is 10.8 Å². The van der Waals surface area contributed by atoms with Crippen molar-refractivity contribution in [3.05, 3.63) is 0 Å². The van der Waals surface area contributed by atoms with E-state index in [0.717, 1.165) is 38.5 Å². The molecule has 2 unspecified atom stereocenters. The SMILES string of the molecule is CCCCC(CCC)(CC(CCC)(CCCC)C(=O)O)C(=O)O. The lowest BCUT2D eigenvalue weighted by atomic mass is 9.63. The van der Waals surface area contributed by atoms with E-state index in [1.807, 2.05) is 27.7 Å². The Balaban J connectivity index is 5.69. The average Bonchev–Trinajstić information content (AvgIpc) is 2.50. The van der Waals surface area contributed by atoms with Crippen molar-refractivity contribution in [2.75, 3.05) is 0 Å². The highest BCUT2D eigenvalue weighted by Gasteiger charge is 2.48. The highest BCUT2D eigenvalue weighted by Crippen LogP contribution is 2.47. The lowest BCUT2D eigenvalue weighted by Crippen LogP contribution is -2.42. The summed E-state index contributed by atoms with van der Waals surface area (Å²) in [5, 5.41) is 19.9. The van der Waals surface area contributed by atoms with E-state index >= 15 is 0 Å². The number of unbranched alkanes of at least 4 members (excludes halogenated alkanes) is 2. The maximum absolute atomic E-state index is 12.1. The maximum atomic E-state index is 12.1. The molecule has 0 aliphatic carbocycles. The summed E-state index contributed by atoms with van der Waals surface area (Å²) < 4.78 is 0. The van der Waals surface area contributed by atoms with Crippen LogP contribution in [0.2, 0.25) is 0 Å². The zero-order valence-corrected chi connectivity index (χ0v) is 15.5. The summed E-state index contributed by atoms with van der Waals surface area (Å²) in [6.45, 7) is 8.06. The standard InChI is InChI=1S/C19H36O4/c1-5-9-13-18(11-7-3,16(20)21)15-19(12-8-4,17(22)23)14-10-6-2/h5-15H2,1-4H3,(H,20,21)(H,22,23). The molecule has 4 nitrogen and oxygen atoms in total. The van der Waals surface area contributed by atoms with Gasteiger partial charge in [0.1, 0.15) is 0 Å². The van der Waals surface area contributed by atoms with E-state index < -0.39 is 22.8 Å². The quantitative estimate of drug-likeness (QED) is 0.441. The Hall–Kier alpha value is -1.06. The molecule has 4 heteroatoms. The van der Waals surface area contributed by atoms with Crippen LogP contribution in [0, 0.1) is 10.8 Å². The molecule has 0 heterocycles. The summed E-state index contributed by atoms with van der Waals surface area (Å²) in [4.78, 5) is 24.2. The Kier molecular flexibility index (Phi) is 10.2. The maximum Gasteiger partial charge on any atom is 0.309 e. The highest BCUT2D eigenvalue weighted by molar-refractivity contribution is 5.79. The monoisotopic (exact) mass is 328 g/mol. The molecule has 0 aliphatic heterocycles. The molecule has 0 spiro atoms. The summed E-state index contributed by atoms with van der Waals surface area (Å²) >= 11 is 0. The molecule has 2 N–H and O–H groups in total. The smallest absolute Gasteiger partial charge is 0.309 e. The van der Waals surface area contributed by atoms with Crippen molar-refractivity contribution in [1.29, 1.82) is 0 Å². The topological polar surface area (TPSA) is 74.6 Å². The Labute approximate surface area is 141 Å². The minimum Gasteiger partial charge on any atom is -0.481 e. The molecule has 136 valence electrons. The molecule has 0 rings (SSSR count). The molecule has 0 bridgehead atoms. The fourth-order valence-electron chi connectivity index (χ4n) is 3.82. The number of hydrogen-bond donors (Lipinski definition) is 2. The number of carbonyl (C=O) groups is 2. The van der Waals surface area contributed by atoms with Gasteiger partial charge in [-0.2, -0.15) is 0 Å². The van der Waals surface area contributed by atoms with Crippen LogP contribution in [0.1, 0.15) is 98.3 Å². The lowest BCUT2D eigenvalue weighted by Gasteiger charge is -2.39. The van der Waals surface area contributed by atoms with Crippen LogP contribution in [0.5, 0.6) is 0 Å². The molecule has 0 saturated carbocycles. The molecular formula is C19H36O4. The van der Waals surface area contributed by atoms with Gasteiger partial charge in [0.15, 0.2) is 0 Å². The van der Waals surface area contributed by atoms with Crippen LogP contribution in [-0.4, -0.2) is 22.2 Å². The molecule has 0 amide bonds. The predicted octanol–water partition coefficient (Wildman–Crippen LogP) is 5.50. The molecule has 0 radical (unpaired) electrons. The number of carboxylic acid groups (broad SMARTS) is 2. The first-order valence-corrected chi connectivity index (χ1v) is 9.31. The van der Waals surface area contributed by atoms with E-state index in [0.29, 0.717) is 25.7 Å². The molecule has 0 aliphatic rings. The summed E-state index contributed by atoms with van der Waals surface area (Å²) in [5.74, 6) is -1.63. The Morgan fingerprint density at radius 1 is 0.652 bits per heavy atom. The van der Waals surface area contributed by atoms with Gasteiger partial charge in [0, 0.05) is 0 Å². The normalized spacial score (nSPS) is 16.5. The third-order valence-corrected chi connectivity index (χ3v) is 5.06. The molecule has 0 aromatic carbocycles. The first-order valence-electron chi connectivity index (χ1n) is 9.31. The molecule has 2 atom stereocenters. The first-order chi connectivity index (χ1) is 10.8. The van der Waals surface area contributed by atoms with Gasteiger partial charge >= 0.3 is 11.9 Å². The zero-order valence-electron chi connectivity index (χ0n) is 15.5. The zero-order chi connectivity index (χ0) is 17.9. The van der Waals surface area contributed by atoms with Gasteiger partial charge in [-0.05, 0) is 32.1 Å². The Morgan fingerprint density at radius 3 is 1.22 bits per heavy atom.